The number of allylic oxidation sites excluding steroid dienone is 2. The van der Waals surface area contributed by atoms with Crippen LogP contribution in [0.4, 0.5) is 0 Å². The Kier molecular flexibility index (Phi) is 2.54. The van der Waals surface area contributed by atoms with Gasteiger partial charge in [0.25, 0.3) is 0 Å². The van der Waals surface area contributed by atoms with Gasteiger partial charge in [0.2, 0.25) is 0 Å². The van der Waals surface area contributed by atoms with Crippen molar-refractivity contribution in [3.63, 3.8) is 0 Å². The molecule has 0 aromatic carbocycles. The first-order chi connectivity index (χ1) is 6.35. The van der Waals surface area contributed by atoms with Gasteiger partial charge in [0, 0.05) is 9.75 Å². The highest BCUT2D eigenvalue weighted by molar-refractivity contribution is 7.12. The summed E-state index contributed by atoms with van der Waals surface area (Å²) in [6.07, 6.45) is 7.40. The molecule has 1 aromatic rings. The van der Waals surface area contributed by atoms with Crippen LogP contribution in [0.1, 0.15) is 42.0 Å². The van der Waals surface area contributed by atoms with Crippen molar-refractivity contribution < 1.29 is 0 Å². The fourth-order valence-corrected chi connectivity index (χ4v) is 3.17. The van der Waals surface area contributed by atoms with Crippen molar-refractivity contribution in [1.29, 1.82) is 0 Å². The van der Waals surface area contributed by atoms with E-state index in [0.717, 1.165) is 0 Å². The van der Waals surface area contributed by atoms with Crippen LogP contribution in [-0.4, -0.2) is 0 Å². The summed E-state index contributed by atoms with van der Waals surface area (Å²) in [5, 5.41) is 0. The summed E-state index contributed by atoms with van der Waals surface area (Å²) in [5.74, 6) is 0. The summed E-state index contributed by atoms with van der Waals surface area (Å²) in [7, 11) is 0. The summed E-state index contributed by atoms with van der Waals surface area (Å²) in [6, 6.07) is 2.40. The molecule has 2 rings (SSSR count). The van der Waals surface area contributed by atoms with Gasteiger partial charge in [-0.05, 0) is 49.8 Å². The Bertz CT molecular complexity index is 331. The largest absolute Gasteiger partial charge is 0.145 e. The molecule has 0 unspecified atom stereocenters. The van der Waals surface area contributed by atoms with Crippen LogP contribution in [-0.2, 0) is 12.8 Å². The average molecular weight is 192 g/mol. The second kappa shape index (κ2) is 3.67. The number of fused-ring (bicyclic) bond motifs is 1. The van der Waals surface area contributed by atoms with Crippen LogP contribution in [0.25, 0.3) is 5.57 Å². The fourth-order valence-electron chi connectivity index (χ4n) is 1.99. The van der Waals surface area contributed by atoms with Crippen molar-refractivity contribution in [2.24, 2.45) is 0 Å². The number of thiophene rings is 1. The summed E-state index contributed by atoms with van der Waals surface area (Å²) >= 11 is 2.01. The molecule has 0 radical (unpaired) electrons. The normalized spacial score (nSPS) is 19.1. The van der Waals surface area contributed by atoms with E-state index in [2.05, 4.69) is 26.0 Å². The molecule has 0 saturated heterocycles. The highest BCUT2D eigenvalue weighted by Gasteiger charge is 2.16. The Morgan fingerprint density at radius 3 is 3.00 bits per heavy atom. The van der Waals surface area contributed by atoms with Crippen molar-refractivity contribution in [1.82, 2.24) is 0 Å². The molecular weight excluding hydrogens is 176 g/mol. The first-order valence-electron chi connectivity index (χ1n) is 5.12. The van der Waals surface area contributed by atoms with Crippen LogP contribution in [0.2, 0.25) is 0 Å². The maximum Gasteiger partial charge on any atom is 0.0123 e. The van der Waals surface area contributed by atoms with Crippen LogP contribution < -0.4 is 0 Å². The Hall–Kier alpha value is -0.560. The molecule has 1 aliphatic rings. The third kappa shape index (κ3) is 1.58. The third-order valence-corrected chi connectivity index (χ3v) is 4.09. The molecule has 0 nitrogen and oxygen atoms in total. The van der Waals surface area contributed by atoms with Gasteiger partial charge in [-0.25, -0.2) is 0 Å². The second-order valence-corrected chi connectivity index (χ2v) is 4.79. The zero-order valence-electron chi connectivity index (χ0n) is 8.39. The van der Waals surface area contributed by atoms with Crippen molar-refractivity contribution in [2.75, 3.05) is 0 Å². The van der Waals surface area contributed by atoms with Crippen molar-refractivity contribution in [3.8, 4) is 0 Å². The Balaban J connectivity index is 2.44. The van der Waals surface area contributed by atoms with Crippen molar-refractivity contribution >= 4 is 16.9 Å². The molecule has 0 atom stereocenters. The topological polar surface area (TPSA) is 0 Å². The summed E-state index contributed by atoms with van der Waals surface area (Å²) < 4.78 is 0. The Morgan fingerprint density at radius 2 is 2.31 bits per heavy atom. The molecule has 1 aromatic heterocycles. The van der Waals surface area contributed by atoms with E-state index in [-0.39, 0.29) is 0 Å². The highest BCUT2D eigenvalue weighted by Crippen LogP contribution is 2.36. The maximum atomic E-state index is 2.40. The Morgan fingerprint density at radius 1 is 1.46 bits per heavy atom. The summed E-state index contributed by atoms with van der Waals surface area (Å²) in [5.41, 5.74) is 3.12. The van der Waals surface area contributed by atoms with E-state index in [0.29, 0.717) is 0 Å². The minimum Gasteiger partial charge on any atom is -0.145 e. The standard InChI is InChI=1S/C12H16S/c1-3-9-6-5-7-12-11(9)8-10(4-2)13-12/h3,8H,4-7H2,1-2H3. The lowest BCUT2D eigenvalue weighted by molar-refractivity contribution is 0.837. The first kappa shape index (κ1) is 9.01. The molecule has 0 bridgehead atoms. The van der Waals surface area contributed by atoms with E-state index < -0.39 is 0 Å². The SMILES string of the molecule is CC=C1CCCc2sc(CC)cc21. The fraction of sp³-hybridized carbons (Fsp3) is 0.500. The van der Waals surface area contributed by atoms with Gasteiger partial charge in [-0.1, -0.05) is 13.0 Å². The molecule has 1 heterocycles. The number of rotatable bonds is 1. The molecule has 0 amide bonds. The van der Waals surface area contributed by atoms with Gasteiger partial charge >= 0.3 is 0 Å². The average Bonchev–Trinajstić information content (AvgIpc) is 2.59. The van der Waals surface area contributed by atoms with Gasteiger partial charge in [-0.2, -0.15) is 0 Å². The quantitative estimate of drug-likeness (QED) is 0.629. The minimum absolute atomic E-state index is 1.19. The van der Waals surface area contributed by atoms with E-state index in [4.69, 9.17) is 0 Å². The Labute approximate surface area is 84.3 Å². The highest BCUT2D eigenvalue weighted by atomic mass is 32.1. The van der Waals surface area contributed by atoms with E-state index in [1.165, 1.54) is 25.7 Å². The molecule has 1 heteroatoms. The predicted molar refractivity (Wildman–Crippen MR) is 60.3 cm³/mol. The van der Waals surface area contributed by atoms with Gasteiger partial charge in [0.15, 0.2) is 0 Å². The van der Waals surface area contributed by atoms with Gasteiger partial charge in [0.1, 0.15) is 0 Å². The second-order valence-electron chi connectivity index (χ2n) is 3.57. The predicted octanol–water partition coefficient (Wildman–Crippen LogP) is 4.05. The molecule has 1 aliphatic carbocycles. The van der Waals surface area contributed by atoms with Crippen LogP contribution in [0.15, 0.2) is 12.1 Å². The monoisotopic (exact) mass is 192 g/mol. The number of hydrogen-bond acceptors (Lipinski definition) is 1. The van der Waals surface area contributed by atoms with E-state index >= 15 is 0 Å². The van der Waals surface area contributed by atoms with Crippen molar-refractivity contribution in [3.05, 3.63) is 27.5 Å². The molecule has 70 valence electrons. The zero-order valence-corrected chi connectivity index (χ0v) is 9.21. The van der Waals surface area contributed by atoms with Crippen LogP contribution in [0, 0.1) is 0 Å². The molecule has 0 N–H and O–H groups in total. The lowest BCUT2D eigenvalue weighted by Crippen LogP contribution is -1.96. The van der Waals surface area contributed by atoms with E-state index in [1.807, 2.05) is 11.3 Å². The molecule has 0 aliphatic heterocycles. The smallest absolute Gasteiger partial charge is 0.0123 e. The summed E-state index contributed by atoms with van der Waals surface area (Å²) in [4.78, 5) is 3.17. The van der Waals surface area contributed by atoms with Crippen molar-refractivity contribution in [2.45, 2.75) is 39.5 Å². The van der Waals surface area contributed by atoms with E-state index in [1.54, 1.807) is 20.9 Å². The third-order valence-electron chi connectivity index (χ3n) is 2.75. The van der Waals surface area contributed by atoms with Gasteiger partial charge < -0.3 is 0 Å². The van der Waals surface area contributed by atoms with Gasteiger partial charge in [0.05, 0.1) is 0 Å². The maximum absolute atomic E-state index is 2.40. The van der Waals surface area contributed by atoms with E-state index in [9.17, 15) is 0 Å². The van der Waals surface area contributed by atoms with Gasteiger partial charge in [-0.3, -0.25) is 0 Å². The minimum atomic E-state index is 1.19. The molecular formula is C12H16S. The van der Waals surface area contributed by atoms with Crippen LogP contribution >= 0.6 is 11.3 Å². The van der Waals surface area contributed by atoms with Gasteiger partial charge in [-0.15, -0.1) is 11.3 Å². The molecule has 0 spiro atoms. The van der Waals surface area contributed by atoms with Crippen LogP contribution in [0.5, 0.6) is 0 Å². The lowest BCUT2D eigenvalue weighted by atomic mass is 9.93. The van der Waals surface area contributed by atoms with Crippen LogP contribution in [0.3, 0.4) is 0 Å². The number of aryl methyl sites for hydroxylation is 2. The summed E-state index contributed by atoms with van der Waals surface area (Å²) in [6.45, 7) is 4.40. The lowest BCUT2D eigenvalue weighted by Gasteiger charge is -2.13. The molecule has 13 heavy (non-hydrogen) atoms. The molecule has 0 fully saturated rings. The zero-order chi connectivity index (χ0) is 9.26. The molecule has 0 saturated carbocycles. The first-order valence-corrected chi connectivity index (χ1v) is 5.94. The number of hydrogen-bond donors (Lipinski definition) is 0.